The summed E-state index contributed by atoms with van der Waals surface area (Å²) in [4.78, 5) is 27.5. The van der Waals surface area contributed by atoms with Crippen molar-refractivity contribution in [3.05, 3.63) is 40.4 Å². The average molecular weight is 230 g/mol. The van der Waals surface area contributed by atoms with Gasteiger partial charge in [-0.3, -0.25) is 14.2 Å². The fourth-order valence-electron chi connectivity index (χ4n) is 2.29. The zero-order valence-electron chi connectivity index (χ0n) is 8.96. The Morgan fingerprint density at radius 3 is 2.94 bits per heavy atom. The van der Waals surface area contributed by atoms with E-state index in [0.717, 1.165) is 0 Å². The third kappa shape index (κ3) is 1.35. The second kappa shape index (κ2) is 3.41. The molecule has 1 aliphatic rings. The van der Waals surface area contributed by atoms with Crippen molar-refractivity contribution in [2.24, 2.45) is 0 Å². The number of aromatic nitrogens is 2. The molecule has 1 atom stereocenters. The maximum absolute atomic E-state index is 12.1. The number of carbonyl (C=O) groups is 1. The summed E-state index contributed by atoms with van der Waals surface area (Å²) in [6, 6.07) is 7.01. The van der Waals surface area contributed by atoms with Crippen molar-refractivity contribution in [3.63, 3.8) is 0 Å². The molecule has 1 N–H and O–H groups in total. The van der Waals surface area contributed by atoms with Gasteiger partial charge in [0.1, 0.15) is 11.7 Å². The van der Waals surface area contributed by atoms with Gasteiger partial charge in [0, 0.05) is 6.54 Å². The van der Waals surface area contributed by atoms with Crippen LogP contribution >= 0.6 is 0 Å². The summed E-state index contributed by atoms with van der Waals surface area (Å²) in [5, 5.41) is 9.61. The van der Waals surface area contributed by atoms with Crippen molar-refractivity contribution in [1.82, 2.24) is 9.55 Å². The highest BCUT2D eigenvalue weighted by atomic mass is 16.4. The lowest BCUT2D eigenvalue weighted by atomic mass is 10.1. The first-order valence-corrected chi connectivity index (χ1v) is 5.41. The SMILES string of the molecule is O=C(O)C1CCn2c1nc1ccccc1c2=O. The molecule has 0 saturated carbocycles. The molecule has 86 valence electrons. The Kier molecular flexibility index (Phi) is 2.01. The molecule has 0 spiro atoms. The lowest BCUT2D eigenvalue weighted by molar-refractivity contribution is -0.138. The largest absolute Gasteiger partial charge is 0.481 e. The Bertz CT molecular complexity index is 675. The second-order valence-electron chi connectivity index (χ2n) is 4.12. The van der Waals surface area contributed by atoms with Crippen molar-refractivity contribution >= 4 is 16.9 Å². The van der Waals surface area contributed by atoms with E-state index in [4.69, 9.17) is 5.11 Å². The van der Waals surface area contributed by atoms with Gasteiger partial charge in [0.15, 0.2) is 0 Å². The van der Waals surface area contributed by atoms with E-state index in [2.05, 4.69) is 4.98 Å². The van der Waals surface area contributed by atoms with Crippen LogP contribution in [-0.4, -0.2) is 20.6 Å². The Balaban J connectivity index is 2.35. The van der Waals surface area contributed by atoms with Crippen LogP contribution in [0.5, 0.6) is 0 Å². The Hall–Kier alpha value is -2.17. The molecule has 0 bridgehead atoms. The van der Waals surface area contributed by atoms with E-state index in [-0.39, 0.29) is 5.56 Å². The van der Waals surface area contributed by atoms with Crippen molar-refractivity contribution in [2.75, 3.05) is 0 Å². The molecule has 0 fully saturated rings. The normalized spacial score (nSPS) is 18.2. The molecule has 2 aromatic rings. The lowest BCUT2D eigenvalue weighted by Gasteiger charge is -2.06. The Labute approximate surface area is 96.3 Å². The van der Waals surface area contributed by atoms with E-state index in [1.54, 1.807) is 24.3 Å². The van der Waals surface area contributed by atoms with Gasteiger partial charge >= 0.3 is 5.97 Å². The van der Waals surface area contributed by atoms with Crippen molar-refractivity contribution in [2.45, 2.75) is 18.9 Å². The molecule has 1 aromatic carbocycles. The number of benzene rings is 1. The van der Waals surface area contributed by atoms with Crippen molar-refractivity contribution in [3.8, 4) is 0 Å². The van der Waals surface area contributed by atoms with Crippen LogP contribution in [0.2, 0.25) is 0 Å². The standard InChI is InChI=1S/C12H10N2O3/c15-11-7-3-1-2-4-9(7)13-10-8(12(16)17)5-6-14(10)11/h1-4,8H,5-6H2,(H,16,17). The van der Waals surface area contributed by atoms with Crippen LogP contribution in [0, 0.1) is 0 Å². The van der Waals surface area contributed by atoms with Gasteiger partial charge in [-0.2, -0.15) is 0 Å². The smallest absolute Gasteiger partial charge is 0.314 e. The summed E-state index contributed by atoms with van der Waals surface area (Å²) >= 11 is 0. The first-order valence-electron chi connectivity index (χ1n) is 5.41. The molecule has 1 unspecified atom stereocenters. The minimum atomic E-state index is -0.918. The molecule has 3 rings (SSSR count). The van der Waals surface area contributed by atoms with Gasteiger partial charge in [-0.15, -0.1) is 0 Å². The molecule has 1 aliphatic heterocycles. The van der Waals surface area contributed by atoms with E-state index in [9.17, 15) is 9.59 Å². The average Bonchev–Trinajstić information content (AvgIpc) is 2.73. The van der Waals surface area contributed by atoms with Gasteiger partial charge in [0.05, 0.1) is 10.9 Å². The molecule has 0 aliphatic carbocycles. The quantitative estimate of drug-likeness (QED) is 0.792. The number of nitrogens with zero attached hydrogens (tertiary/aromatic N) is 2. The number of hydrogen-bond donors (Lipinski definition) is 1. The van der Waals surface area contributed by atoms with Gasteiger partial charge in [-0.25, -0.2) is 4.98 Å². The Morgan fingerprint density at radius 1 is 1.41 bits per heavy atom. The summed E-state index contributed by atoms with van der Waals surface area (Å²) in [6.45, 7) is 0.433. The predicted octanol–water partition coefficient (Wildman–Crippen LogP) is 0.968. The van der Waals surface area contributed by atoms with Gasteiger partial charge in [0.2, 0.25) is 0 Å². The third-order valence-corrected chi connectivity index (χ3v) is 3.14. The molecule has 17 heavy (non-hydrogen) atoms. The van der Waals surface area contributed by atoms with Crippen LogP contribution < -0.4 is 5.56 Å². The summed E-state index contributed by atoms with van der Waals surface area (Å²) in [5.41, 5.74) is 0.422. The number of carboxylic acid groups (broad SMARTS) is 1. The number of fused-ring (bicyclic) bond motifs is 2. The maximum Gasteiger partial charge on any atom is 0.314 e. The van der Waals surface area contributed by atoms with Crippen LogP contribution in [0.1, 0.15) is 18.2 Å². The van der Waals surface area contributed by atoms with Crippen LogP contribution in [0.25, 0.3) is 10.9 Å². The van der Waals surface area contributed by atoms with Crippen molar-refractivity contribution < 1.29 is 9.90 Å². The van der Waals surface area contributed by atoms with Gasteiger partial charge in [-0.05, 0) is 18.6 Å². The molecule has 1 aromatic heterocycles. The first kappa shape index (κ1) is 10.0. The summed E-state index contributed by atoms with van der Waals surface area (Å²) < 4.78 is 1.47. The molecule has 5 nitrogen and oxygen atoms in total. The Morgan fingerprint density at radius 2 is 2.18 bits per heavy atom. The van der Waals surface area contributed by atoms with Gasteiger partial charge in [-0.1, -0.05) is 12.1 Å². The molecule has 5 heteroatoms. The molecular weight excluding hydrogens is 220 g/mol. The summed E-state index contributed by atoms with van der Waals surface area (Å²) in [6.07, 6.45) is 0.438. The number of para-hydroxylation sites is 1. The number of carboxylic acids is 1. The molecule has 0 amide bonds. The zero-order valence-corrected chi connectivity index (χ0v) is 8.96. The lowest BCUT2D eigenvalue weighted by Crippen LogP contribution is -2.22. The molecule has 0 saturated heterocycles. The highest BCUT2D eigenvalue weighted by Gasteiger charge is 2.31. The fraction of sp³-hybridized carbons (Fsp3) is 0.250. The highest BCUT2D eigenvalue weighted by molar-refractivity contribution is 5.80. The third-order valence-electron chi connectivity index (χ3n) is 3.14. The minimum absolute atomic E-state index is 0.144. The van der Waals surface area contributed by atoms with Crippen LogP contribution in [-0.2, 0) is 11.3 Å². The second-order valence-corrected chi connectivity index (χ2v) is 4.12. The fourth-order valence-corrected chi connectivity index (χ4v) is 2.29. The van der Waals surface area contributed by atoms with E-state index in [1.807, 2.05) is 0 Å². The van der Waals surface area contributed by atoms with Gasteiger partial charge < -0.3 is 5.11 Å². The number of hydrogen-bond acceptors (Lipinski definition) is 3. The van der Waals surface area contributed by atoms with E-state index < -0.39 is 11.9 Å². The van der Waals surface area contributed by atoms with E-state index >= 15 is 0 Å². The van der Waals surface area contributed by atoms with E-state index in [0.29, 0.717) is 29.7 Å². The monoisotopic (exact) mass is 230 g/mol. The van der Waals surface area contributed by atoms with Crippen LogP contribution in [0.3, 0.4) is 0 Å². The highest BCUT2D eigenvalue weighted by Crippen LogP contribution is 2.26. The predicted molar refractivity (Wildman–Crippen MR) is 61.0 cm³/mol. The van der Waals surface area contributed by atoms with Crippen LogP contribution in [0.4, 0.5) is 0 Å². The molecule has 2 heterocycles. The minimum Gasteiger partial charge on any atom is -0.481 e. The summed E-state index contributed by atoms with van der Waals surface area (Å²) in [7, 11) is 0. The summed E-state index contributed by atoms with van der Waals surface area (Å²) in [5.74, 6) is -1.20. The van der Waals surface area contributed by atoms with Crippen LogP contribution in [0.15, 0.2) is 29.1 Å². The molecule has 0 radical (unpaired) electrons. The number of rotatable bonds is 1. The first-order chi connectivity index (χ1) is 8.18. The maximum atomic E-state index is 12.1. The zero-order chi connectivity index (χ0) is 12.0. The van der Waals surface area contributed by atoms with Crippen molar-refractivity contribution in [1.29, 1.82) is 0 Å². The van der Waals surface area contributed by atoms with E-state index in [1.165, 1.54) is 4.57 Å². The molecular formula is C12H10N2O3. The van der Waals surface area contributed by atoms with Gasteiger partial charge in [0.25, 0.3) is 5.56 Å². The topological polar surface area (TPSA) is 72.2 Å². The number of aliphatic carboxylic acids is 1.